The maximum atomic E-state index is 10.6. The molecule has 0 amide bonds. The van der Waals surface area contributed by atoms with Crippen molar-refractivity contribution in [3.8, 4) is 11.3 Å². The molecule has 5 heteroatoms. The van der Waals surface area contributed by atoms with E-state index in [1.165, 1.54) is 6.20 Å². The lowest BCUT2D eigenvalue weighted by molar-refractivity contribution is -0.136. The Morgan fingerprint density at radius 2 is 2.33 bits per heavy atom. The highest BCUT2D eigenvalue weighted by Crippen LogP contribution is 2.19. The Bertz CT molecular complexity index is 465. The minimum absolute atomic E-state index is 0.0409. The van der Waals surface area contributed by atoms with E-state index in [-0.39, 0.29) is 6.42 Å². The molecule has 0 saturated carbocycles. The maximum absolute atomic E-state index is 10.6. The Kier molecular flexibility index (Phi) is 2.45. The van der Waals surface area contributed by atoms with Gasteiger partial charge in [0, 0.05) is 23.5 Å². The molecule has 0 atom stereocenters. The summed E-state index contributed by atoms with van der Waals surface area (Å²) in [6.45, 7) is 0. The van der Waals surface area contributed by atoms with E-state index < -0.39 is 5.97 Å². The van der Waals surface area contributed by atoms with E-state index in [1.54, 1.807) is 18.5 Å². The minimum atomic E-state index is -0.874. The molecule has 0 fully saturated rings. The molecule has 0 radical (unpaired) electrons. The van der Waals surface area contributed by atoms with E-state index in [4.69, 9.17) is 5.11 Å². The Morgan fingerprint density at radius 3 is 3.00 bits per heavy atom. The van der Waals surface area contributed by atoms with Gasteiger partial charge in [-0.1, -0.05) is 0 Å². The first kappa shape index (κ1) is 9.39. The molecule has 0 aromatic carbocycles. The molecule has 0 spiro atoms. The first-order valence-electron chi connectivity index (χ1n) is 4.42. The van der Waals surface area contributed by atoms with Crippen LogP contribution >= 0.6 is 0 Å². The third-order valence-electron chi connectivity index (χ3n) is 2.01. The third kappa shape index (κ3) is 2.01. The van der Waals surface area contributed by atoms with Gasteiger partial charge in [-0.05, 0) is 12.1 Å². The van der Waals surface area contributed by atoms with Gasteiger partial charge in [-0.15, -0.1) is 0 Å². The molecule has 0 saturated heterocycles. The molecular formula is C10H9N3O2. The fourth-order valence-corrected chi connectivity index (χ4v) is 1.37. The summed E-state index contributed by atoms with van der Waals surface area (Å²) in [5, 5.41) is 15.3. The van der Waals surface area contributed by atoms with Gasteiger partial charge in [0.25, 0.3) is 0 Å². The first-order valence-corrected chi connectivity index (χ1v) is 4.42. The number of nitrogens with one attached hydrogen (secondary N) is 1. The number of hydrogen-bond donors (Lipinski definition) is 2. The van der Waals surface area contributed by atoms with E-state index in [9.17, 15) is 4.79 Å². The number of aliphatic carboxylic acids is 1. The molecule has 0 bridgehead atoms. The monoisotopic (exact) mass is 203 g/mol. The van der Waals surface area contributed by atoms with Gasteiger partial charge in [0.2, 0.25) is 0 Å². The van der Waals surface area contributed by atoms with Crippen LogP contribution in [0, 0.1) is 0 Å². The van der Waals surface area contributed by atoms with Crippen molar-refractivity contribution in [1.82, 2.24) is 15.2 Å². The average molecular weight is 203 g/mol. The van der Waals surface area contributed by atoms with Gasteiger partial charge >= 0.3 is 5.97 Å². The average Bonchev–Trinajstić information content (AvgIpc) is 2.66. The third-order valence-corrected chi connectivity index (χ3v) is 2.01. The Balaban J connectivity index is 2.37. The smallest absolute Gasteiger partial charge is 0.307 e. The highest BCUT2D eigenvalue weighted by Gasteiger charge is 2.10. The van der Waals surface area contributed by atoms with Crippen LogP contribution in [0.25, 0.3) is 11.3 Å². The molecule has 15 heavy (non-hydrogen) atoms. The van der Waals surface area contributed by atoms with Crippen molar-refractivity contribution < 1.29 is 9.90 Å². The number of nitrogens with zero attached hydrogens (tertiary/aromatic N) is 2. The summed E-state index contributed by atoms with van der Waals surface area (Å²) in [6.07, 6.45) is 4.81. The van der Waals surface area contributed by atoms with Crippen LogP contribution in [0.4, 0.5) is 0 Å². The second-order valence-electron chi connectivity index (χ2n) is 3.08. The molecule has 0 aliphatic heterocycles. The molecule has 0 unspecified atom stereocenters. The van der Waals surface area contributed by atoms with E-state index in [2.05, 4.69) is 15.2 Å². The highest BCUT2D eigenvalue weighted by atomic mass is 16.4. The number of hydrogen-bond acceptors (Lipinski definition) is 3. The second kappa shape index (κ2) is 3.91. The summed E-state index contributed by atoms with van der Waals surface area (Å²) < 4.78 is 0. The highest BCUT2D eigenvalue weighted by molar-refractivity contribution is 5.74. The van der Waals surface area contributed by atoms with Crippen LogP contribution in [0.15, 0.2) is 30.7 Å². The number of carboxylic acid groups (broad SMARTS) is 1. The number of pyridine rings is 1. The molecule has 2 aromatic heterocycles. The summed E-state index contributed by atoms with van der Waals surface area (Å²) in [4.78, 5) is 14.6. The van der Waals surface area contributed by atoms with Crippen LogP contribution in [0.5, 0.6) is 0 Å². The van der Waals surface area contributed by atoms with Crippen molar-refractivity contribution in [3.63, 3.8) is 0 Å². The second-order valence-corrected chi connectivity index (χ2v) is 3.08. The van der Waals surface area contributed by atoms with Gasteiger partial charge in [-0.25, -0.2) is 0 Å². The largest absolute Gasteiger partial charge is 0.481 e. The topological polar surface area (TPSA) is 78.9 Å². The van der Waals surface area contributed by atoms with Gasteiger partial charge in [0.05, 0.1) is 18.3 Å². The number of aromatic nitrogens is 3. The molecule has 0 aliphatic rings. The van der Waals surface area contributed by atoms with E-state index in [1.807, 2.05) is 6.07 Å². The van der Waals surface area contributed by atoms with Crippen LogP contribution in [0.2, 0.25) is 0 Å². The van der Waals surface area contributed by atoms with Gasteiger partial charge in [0.1, 0.15) is 0 Å². The van der Waals surface area contributed by atoms with Gasteiger partial charge in [-0.3, -0.25) is 14.9 Å². The van der Waals surface area contributed by atoms with Crippen LogP contribution in [0.3, 0.4) is 0 Å². The van der Waals surface area contributed by atoms with Gasteiger partial charge in [-0.2, -0.15) is 5.10 Å². The van der Waals surface area contributed by atoms with E-state index >= 15 is 0 Å². The molecule has 76 valence electrons. The summed E-state index contributed by atoms with van der Waals surface area (Å²) in [5.74, 6) is -0.874. The molecule has 5 nitrogen and oxygen atoms in total. The molecule has 2 N–H and O–H groups in total. The van der Waals surface area contributed by atoms with Crippen molar-refractivity contribution >= 4 is 5.97 Å². The van der Waals surface area contributed by atoms with Crippen LogP contribution in [-0.2, 0) is 11.2 Å². The predicted molar refractivity (Wildman–Crippen MR) is 53.2 cm³/mol. The summed E-state index contributed by atoms with van der Waals surface area (Å²) in [7, 11) is 0. The Hall–Kier alpha value is -2.17. The van der Waals surface area contributed by atoms with Crippen molar-refractivity contribution in [2.75, 3.05) is 0 Å². The van der Waals surface area contributed by atoms with Crippen molar-refractivity contribution in [2.24, 2.45) is 0 Å². The number of rotatable bonds is 3. The van der Waals surface area contributed by atoms with Crippen LogP contribution in [0.1, 0.15) is 5.56 Å². The normalized spacial score (nSPS) is 10.1. The molecule has 2 heterocycles. The molecule has 2 aromatic rings. The van der Waals surface area contributed by atoms with E-state index in [0.717, 1.165) is 5.56 Å². The Morgan fingerprint density at radius 1 is 1.47 bits per heavy atom. The van der Waals surface area contributed by atoms with Crippen molar-refractivity contribution in [2.45, 2.75) is 6.42 Å². The zero-order chi connectivity index (χ0) is 10.7. The number of H-pyrrole nitrogens is 1. The van der Waals surface area contributed by atoms with Gasteiger partial charge < -0.3 is 5.11 Å². The van der Waals surface area contributed by atoms with Crippen LogP contribution in [-0.4, -0.2) is 26.3 Å². The minimum Gasteiger partial charge on any atom is -0.481 e. The van der Waals surface area contributed by atoms with Crippen LogP contribution < -0.4 is 0 Å². The zero-order valence-electron chi connectivity index (χ0n) is 7.84. The number of carboxylic acids is 1. The summed E-state index contributed by atoms with van der Waals surface area (Å²) in [6, 6.07) is 3.65. The quantitative estimate of drug-likeness (QED) is 0.782. The summed E-state index contributed by atoms with van der Waals surface area (Å²) >= 11 is 0. The maximum Gasteiger partial charge on any atom is 0.307 e. The molecule has 0 aliphatic carbocycles. The lowest BCUT2D eigenvalue weighted by Crippen LogP contribution is -2.00. The molecular weight excluding hydrogens is 194 g/mol. The van der Waals surface area contributed by atoms with Gasteiger partial charge in [0.15, 0.2) is 0 Å². The SMILES string of the molecule is O=C(O)Cc1cn[nH]c1-c1cccnc1. The fraction of sp³-hybridized carbons (Fsp3) is 0.100. The Labute approximate surface area is 85.8 Å². The fourth-order valence-electron chi connectivity index (χ4n) is 1.37. The zero-order valence-corrected chi connectivity index (χ0v) is 7.84. The standard InChI is InChI=1S/C10H9N3O2/c14-9(15)4-8-6-12-13-10(8)7-2-1-3-11-5-7/h1-3,5-6H,4H2,(H,12,13)(H,14,15). The van der Waals surface area contributed by atoms with Crippen molar-refractivity contribution in [1.29, 1.82) is 0 Å². The van der Waals surface area contributed by atoms with Crippen molar-refractivity contribution in [3.05, 3.63) is 36.3 Å². The summed E-state index contributed by atoms with van der Waals surface area (Å²) in [5.41, 5.74) is 2.22. The predicted octanol–water partition coefficient (Wildman–Crippen LogP) is 1.10. The lowest BCUT2D eigenvalue weighted by atomic mass is 10.1. The van der Waals surface area contributed by atoms with E-state index in [0.29, 0.717) is 11.3 Å². The lowest BCUT2D eigenvalue weighted by Gasteiger charge is -1.99. The number of aromatic amines is 1. The first-order chi connectivity index (χ1) is 7.27. The molecule has 2 rings (SSSR count). The number of carbonyl (C=O) groups is 1.